The first kappa shape index (κ1) is 27.0. The maximum atomic E-state index is 13.4. The van der Waals surface area contributed by atoms with Gasteiger partial charge in [0.1, 0.15) is 16.7 Å². The first-order valence-electron chi connectivity index (χ1n) is 11.4. The number of carbonyl (C=O) groups is 1. The van der Waals surface area contributed by atoms with E-state index in [4.69, 9.17) is 14.2 Å². The molecule has 3 rings (SSSR count). The Labute approximate surface area is 212 Å². The van der Waals surface area contributed by atoms with Gasteiger partial charge in [-0.25, -0.2) is 8.42 Å². The van der Waals surface area contributed by atoms with Crippen LogP contribution in [-0.4, -0.2) is 41.7 Å². The lowest BCUT2D eigenvalue weighted by Crippen LogP contribution is -2.48. The molecule has 0 spiro atoms. The van der Waals surface area contributed by atoms with Crippen molar-refractivity contribution in [3.8, 4) is 17.2 Å². The number of amides is 1. The zero-order valence-electron chi connectivity index (χ0n) is 21.1. The van der Waals surface area contributed by atoms with E-state index in [0.717, 1.165) is 16.7 Å². The van der Waals surface area contributed by atoms with E-state index in [2.05, 4.69) is 10.0 Å². The Kier molecular flexibility index (Phi) is 8.95. The van der Waals surface area contributed by atoms with Crippen molar-refractivity contribution in [3.05, 3.63) is 83.4 Å². The Morgan fingerprint density at radius 3 is 2.14 bits per heavy atom. The molecule has 0 aromatic heterocycles. The fourth-order valence-electron chi connectivity index (χ4n) is 3.80. The monoisotopic (exact) mass is 512 g/mol. The quantitative estimate of drug-likeness (QED) is 0.405. The number of ether oxygens (including phenoxy) is 3. The number of benzene rings is 3. The number of carbonyl (C=O) groups excluding carboxylic acids is 1. The molecule has 2 atom stereocenters. The average Bonchev–Trinajstić information content (AvgIpc) is 2.88. The number of sulfonamides is 1. The number of methoxy groups -OCH3 is 3. The third kappa shape index (κ3) is 6.56. The Hall–Kier alpha value is -3.56. The first-order chi connectivity index (χ1) is 17.2. The number of hydrogen-bond acceptors (Lipinski definition) is 6. The van der Waals surface area contributed by atoms with Gasteiger partial charge in [0.05, 0.1) is 27.4 Å². The van der Waals surface area contributed by atoms with E-state index in [1.807, 2.05) is 43.3 Å². The molecule has 0 heterocycles. The molecule has 0 aliphatic heterocycles. The van der Waals surface area contributed by atoms with Gasteiger partial charge in [0.25, 0.3) is 0 Å². The second-order valence-electron chi connectivity index (χ2n) is 8.36. The van der Waals surface area contributed by atoms with Crippen LogP contribution in [0.3, 0.4) is 0 Å². The molecule has 0 unspecified atom stereocenters. The summed E-state index contributed by atoms with van der Waals surface area (Å²) in [6.45, 7) is 3.61. The van der Waals surface area contributed by atoms with Crippen LogP contribution in [0, 0.1) is 6.92 Å². The van der Waals surface area contributed by atoms with Gasteiger partial charge < -0.3 is 19.5 Å². The molecule has 3 aromatic rings. The van der Waals surface area contributed by atoms with Gasteiger partial charge in [-0.05, 0) is 61.2 Å². The summed E-state index contributed by atoms with van der Waals surface area (Å²) in [5.41, 5.74) is 2.35. The Morgan fingerprint density at radius 1 is 0.861 bits per heavy atom. The van der Waals surface area contributed by atoms with Crippen molar-refractivity contribution in [1.82, 2.24) is 10.0 Å². The fraction of sp³-hybridized carbons (Fsp3) is 0.296. The maximum absolute atomic E-state index is 13.4. The van der Waals surface area contributed by atoms with Crippen molar-refractivity contribution in [2.24, 2.45) is 0 Å². The Balaban J connectivity index is 1.89. The molecule has 0 aliphatic rings. The summed E-state index contributed by atoms with van der Waals surface area (Å²) in [5.74, 6) is 0.841. The highest BCUT2D eigenvalue weighted by molar-refractivity contribution is 7.89. The highest BCUT2D eigenvalue weighted by atomic mass is 32.2. The molecule has 0 aliphatic carbocycles. The van der Waals surface area contributed by atoms with E-state index >= 15 is 0 Å². The van der Waals surface area contributed by atoms with Crippen LogP contribution in [0.2, 0.25) is 0 Å². The minimum Gasteiger partial charge on any atom is -0.495 e. The van der Waals surface area contributed by atoms with Crippen LogP contribution >= 0.6 is 0 Å². The molecule has 0 radical (unpaired) electrons. The molecule has 36 heavy (non-hydrogen) atoms. The van der Waals surface area contributed by atoms with Gasteiger partial charge in [-0.3, -0.25) is 4.79 Å². The van der Waals surface area contributed by atoms with Crippen LogP contribution in [0.5, 0.6) is 17.2 Å². The standard InChI is InChI=1S/C27H32N2O6S/c1-18-11-13-24(34-4)26(15-18)36(31,32)29-22(16-20-9-7-6-8-10-20)27(30)28-19(2)21-12-14-23(33-3)25(17-21)35-5/h6-15,17,19,22,29H,16H2,1-5H3,(H,28,30)/t19-,22-/m0/s1. The smallest absolute Gasteiger partial charge is 0.244 e. The van der Waals surface area contributed by atoms with E-state index in [1.165, 1.54) is 20.3 Å². The topological polar surface area (TPSA) is 103 Å². The molecule has 0 bridgehead atoms. The summed E-state index contributed by atoms with van der Waals surface area (Å²) in [4.78, 5) is 13.4. The van der Waals surface area contributed by atoms with Crippen LogP contribution in [-0.2, 0) is 21.2 Å². The molecule has 9 heteroatoms. The van der Waals surface area contributed by atoms with Gasteiger partial charge in [-0.2, -0.15) is 4.72 Å². The van der Waals surface area contributed by atoms with Crippen molar-refractivity contribution in [3.63, 3.8) is 0 Å². The minimum atomic E-state index is -4.08. The van der Waals surface area contributed by atoms with E-state index in [-0.39, 0.29) is 17.1 Å². The second kappa shape index (κ2) is 11.9. The second-order valence-corrected chi connectivity index (χ2v) is 10.0. The van der Waals surface area contributed by atoms with Gasteiger partial charge in [-0.15, -0.1) is 0 Å². The van der Waals surface area contributed by atoms with Gasteiger partial charge >= 0.3 is 0 Å². The van der Waals surface area contributed by atoms with Gasteiger partial charge in [0, 0.05) is 0 Å². The van der Waals surface area contributed by atoms with Gasteiger partial charge in [0.2, 0.25) is 15.9 Å². The highest BCUT2D eigenvalue weighted by Crippen LogP contribution is 2.30. The van der Waals surface area contributed by atoms with Crippen molar-refractivity contribution >= 4 is 15.9 Å². The van der Waals surface area contributed by atoms with Crippen molar-refractivity contribution in [1.29, 1.82) is 0 Å². The third-order valence-electron chi connectivity index (χ3n) is 5.77. The van der Waals surface area contributed by atoms with E-state index in [9.17, 15) is 13.2 Å². The molecule has 8 nitrogen and oxygen atoms in total. The summed E-state index contributed by atoms with van der Waals surface area (Å²) in [7, 11) is 0.408. The minimum absolute atomic E-state index is 0.0243. The summed E-state index contributed by atoms with van der Waals surface area (Å²) >= 11 is 0. The average molecular weight is 513 g/mol. The van der Waals surface area contributed by atoms with Gasteiger partial charge in [-0.1, -0.05) is 42.5 Å². The van der Waals surface area contributed by atoms with Gasteiger partial charge in [0.15, 0.2) is 11.5 Å². The zero-order valence-corrected chi connectivity index (χ0v) is 21.9. The van der Waals surface area contributed by atoms with Crippen molar-refractivity contribution in [2.75, 3.05) is 21.3 Å². The van der Waals surface area contributed by atoms with E-state index in [0.29, 0.717) is 11.5 Å². The molecule has 3 aromatic carbocycles. The van der Waals surface area contributed by atoms with Crippen LogP contribution < -0.4 is 24.2 Å². The Morgan fingerprint density at radius 2 is 1.50 bits per heavy atom. The number of aryl methyl sites for hydroxylation is 1. The molecular weight excluding hydrogens is 480 g/mol. The molecule has 2 N–H and O–H groups in total. The van der Waals surface area contributed by atoms with Crippen molar-refractivity contribution in [2.45, 2.75) is 37.2 Å². The van der Waals surface area contributed by atoms with Crippen LogP contribution in [0.1, 0.15) is 29.7 Å². The fourth-order valence-corrected chi connectivity index (χ4v) is 5.25. The third-order valence-corrected chi connectivity index (χ3v) is 7.26. The number of hydrogen-bond donors (Lipinski definition) is 2. The first-order valence-corrected chi connectivity index (χ1v) is 12.9. The van der Waals surface area contributed by atoms with Crippen LogP contribution in [0.4, 0.5) is 0 Å². The lowest BCUT2D eigenvalue weighted by Gasteiger charge is -2.23. The van der Waals surface area contributed by atoms with E-state index < -0.39 is 28.0 Å². The number of rotatable bonds is 11. The molecule has 0 saturated carbocycles. The normalized spacial score (nSPS) is 12.9. The molecule has 0 fully saturated rings. The molecular formula is C27H32N2O6S. The largest absolute Gasteiger partial charge is 0.495 e. The van der Waals surface area contributed by atoms with E-state index in [1.54, 1.807) is 38.3 Å². The lowest BCUT2D eigenvalue weighted by molar-refractivity contribution is -0.123. The number of nitrogens with one attached hydrogen (secondary N) is 2. The summed E-state index contributed by atoms with van der Waals surface area (Å²) < 4.78 is 45.3. The predicted octanol–water partition coefficient (Wildman–Crippen LogP) is 3.79. The molecule has 1 amide bonds. The summed E-state index contributed by atoms with van der Waals surface area (Å²) in [6, 6.07) is 18.0. The van der Waals surface area contributed by atoms with Crippen LogP contribution in [0.15, 0.2) is 71.6 Å². The molecule has 0 saturated heterocycles. The maximum Gasteiger partial charge on any atom is 0.244 e. The highest BCUT2D eigenvalue weighted by Gasteiger charge is 2.29. The Bertz CT molecular complexity index is 1290. The zero-order chi connectivity index (χ0) is 26.3. The van der Waals surface area contributed by atoms with Crippen LogP contribution in [0.25, 0.3) is 0 Å². The SMILES string of the molecule is COc1ccc([C@H](C)NC(=O)[C@H](Cc2ccccc2)NS(=O)(=O)c2cc(C)ccc2OC)cc1OC. The molecule has 192 valence electrons. The lowest BCUT2D eigenvalue weighted by atomic mass is 10.0. The summed E-state index contributed by atoms with van der Waals surface area (Å²) in [6.07, 6.45) is 0.165. The van der Waals surface area contributed by atoms with Crippen molar-refractivity contribution < 1.29 is 27.4 Å². The summed E-state index contributed by atoms with van der Waals surface area (Å²) in [5, 5.41) is 2.93. The predicted molar refractivity (Wildman–Crippen MR) is 138 cm³/mol.